The van der Waals surface area contributed by atoms with Crippen molar-refractivity contribution in [1.82, 2.24) is 4.98 Å². The molecule has 1 N–H and O–H groups in total. The third-order valence-corrected chi connectivity index (χ3v) is 5.28. The summed E-state index contributed by atoms with van der Waals surface area (Å²) in [6.45, 7) is 6.75. The predicted octanol–water partition coefficient (Wildman–Crippen LogP) is 5.64. The minimum atomic E-state index is -0.251. The van der Waals surface area contributed by atoms with E-state index in [0.29, 0.717) is 0 Å². The van der Waals surface area contributed by atoms with Gasteiger partial charge in [-0.2, -0.15) is 0 Å². The van der Waals surface area contributed by atoms with Crippen molar-refractivity contribution in [2.24, 2.45) is 0 Å². The molecule has 0 atom stereocenters. The van der Waals surface area contributed by atoms with E-state index < -0.39 is 0 Å². The highest BCUT2D eigenvalue weighted by Crippen LogP contribution is 2.37. The molecule has 4 rings (SSSR count). The number of ether oxygens (including phenoxy) is 2. The largest absolute Gasteiger partial charge is 0.454 e. The molecule has 0 unspecified atom stereocenters. The maximum absolute atomic E-state index is 13.1. The van der Waals surface area contributed by atoms with Gasteiger partial charge in [-0.05, 0) is 42.0 Å². The van der Waals surface area contributed by atoms with E-state index in [9.17, 15) is 4.39 Å². The molecular formula is C21H21FN2O2S. The first kappa shape index (κ1) is 17.8. The number of thiazole rings is 1. The molecular weight excluding hydrogens is 363 g/mol. The van der Waals surface area contributed by atoms with Crippen LogP contribution in [0.2, 0.25) is 0 Å². The second kappa shape index (κ2) is 6.85. The first-order valence-corrected chi connectivity index (χ1v) is 9.61. The quantitative estimate of drug-likeness (QED) is 0.632. The van der Waals surface area contributed by atoms with E-state index in [1.807, 2.05) is 12.1 Å². The highest BCUT2D eigenvalue weighted by molar-refractivity contribution is 7.15. The Bertz CT molecular complexity index is 961. The SMILES string of the molecule is CC(C)(C)c1nc(Nc2ccc(F)cc2)sc1Cc1ccc2c(c1)OCO2. The summed E-state index contributed by atoms with van der Waals surface area (Å²) in [7, 11) is 0. The summed E-state index contributed by atoms with van der Waals surface area (Å²) >= 11 is 1.63. The van der Waals surface area contributed by atoms with E-state index in [4.69, 9.17) is 14.5 Å². The van der Waals surface area contributed by atoms with Crippen LogP contribution >= 0.6 is 11.3 Å². The van der Waals surface area contributed by atoms with E-state index >= 15 is 0 Å². The average Bonchev–Trinajstić information content (AvgIpc) is 3.23. The summed E-state index contributed by atoms with van der Waals surface area (Å²) in [5, 5.41) is 4.10. The van der Waals surface area contributed by atoms with Crippen LogP contribution in [0.3, 0.4) is 0 Å². The maximum atomic E-state index is 13.1. The Morgan fingerprint density at radius 3 is 2.56 bits per heavy atom. The Hall–Kier alpha value is -2.60. The van der Waals surface area contributed by atoms with Gasteiger partial charge in [-0.25, -0.2) is 9.37 Å². The van der Waals surface area contributed by atoms with Gasteiger partial charge in [0.2, 0.25) is 6.79 Å². The summed E-state index contributed by atoms with van der Waals surface area (Å²) in [4.78, 5) is 6.03. The molecule has 0 saturated heterocycles. The highest BCUT2D eigenvalue weighted by Gasteiger charge is 2.24. The zero-order valence-electron chi connectivity index (χ0n) is 15.5. The lowest BCUT2D eigenvalue weighted by Crippen LogP contribution is -2.14. The van der Waals surface area contributed by atoms with E-state index in [1.54, 1.807) is 23.5 Å². The van der Waals surface area contributed by atoms with Crippen molar-refractivity contribution in [2.45, 2.75) is 32.6 Å². The Kier molecular flexibility index (Phi) is 4.52. The molecule has 2 heterocycles. The number of hydrogen-bond donors (Lipinski definition) is 1. The normalized spacial score (nSPS) is 13.0. The summed E-state index contributed by atoms with van der Waals surface area (Å²) < 4.78 is 24.0. The Morgan fingerprint density at radius 1 is 1.07 bits per heavy atom. The minimum Gasteiger partial charge on any atom is -0.454 e. The van der Waals surface area contributed by atoms with Crippen LogP contribution in [0.25, 0.3) is 0 Å². The van der Waals surface area contributed by atoms with Gasteiger partial charge in [0, 0.05) is 22.4 Å². The Balaban J connectivity index is 1.62. The van der Waals surface area contributed by atoms with Crippen LogP contribution in [0.4, 0.5) is 15.2 Å². The van der Waals surface area contributed by atoms with Crippen molar-refractivity contribution in [1.29, 1.82) is 0 Å². The fourth-order valence-electron chi connectivity index (χ4n) is 3.00. The number of hydrogen-bond acceptors (Lipinski definition) is 5. The lowest BCUT2D eigenvalue weighted by atomic mass is 9.90. The number of halogens is 1. The molecule has 0 fully saturated rings. The molecule has 0 spiro atoms. The molecule has 0 aliphatic carbocycles. The molecule has 0 radical (unpaired) electrons. The predicted molar refractivity (Wildman–Crippen MR) is 106 cm³/mol. The van der Waals surface area contributed by atoms with Crippen LogP contribution in [0.1, 0.15) is 36.9 Å². The number of aromatic nitrogens is 1. The number of nitrogens with one attached hydrogen (secondary N) is 1. The van der Waals surface area contributed by atoms with Crippen LogP contribution < -0.4 is 14.8 Å². The van der Waals surface area contributed by atoms with E-state index in [0.717, 1.165) is 40.0 Å². The molecule has 140 valence electrons. The molecule has 1 aromatic heterocycles. The van der Waals surface area contributed by atoms with Crippen molar-refractivity contribution in [3.05, 3.63) is 64.4 Å². The molecule has 27 heavy (non-hydrogen) atoms. The smallest absolute Gasteiger partial charge is 0.231 e. The second-order valence-corrected chi connectivity index (χ2v) is 8.62. The highest BCUT2D eigenvalue weighted by atomic mass is 32.1. The Morgan fingerprint density at radius 2 is 1.81 bits per heavy atom. The lowest BCUT2D eigenvalue weighted by Gasteiger charge is -2.17. The summed E-state index contributed by atoms with van der Waals surface area (Å²) in [6.07, 6.45) is 0.770. The minimum absolute atomic E-state index is 0.0785. The van der Waals surface area contributed by atoms with Crippen molar-refractivity contribution < 1.29 is 13.9 Å². The average molecular weight is 384 g/mol. The third-order valence-electron chi connectivity index (χ3n) is 4.30. The molecule has 0 bridgehead atoms. The fourth-order valence-corrected chi connectivity index (χ4v) is 4.23. The molecule has 3 aromatic rings. The molecule has 0 amide bonds. The standard InChI is InChI=1S/C21H21FN2O2S/c1-21(2,3)19-18(11-13-4-9-16-17(10-13)26-12-25-16)27-20(24-19)23-15-7-5-14(22)6-8-15/h4-10H,11-12H2,1-3H3,(H,23,24). The van der Waals surface area contributed by atoms with Crippen LogP contribution in [0, 0.1) is 5.82 Å². The Labute approximate surface area is 162 Å². The molecule has 0 saturated carbocycles. The summed E-state index contributed by atoms with van der Waals surface area (Å²) in [5.74, 6) is 1.33. The van der Waals surface area contributed by atoms with Crippen molar-refractivity contribution in [2.75, 3.05) is 12.1 Å². The van der Waals surface area contributed by atoms with E-state index in [-0.39, 0.29) is 18.0 Å². The number of anilines is 2. The summed E-state index contributed by atoms with van der Waals surface area (Å²) in [5.41, 5.74) is 2.96. The third kappa shape index (κ3) is 3.90. The topological polar surface area (TPSA) is 43.4 Å². The van der Waals surface area contributed by atoms with Crippen LogP contribution in [0.5, 0.6) is 11.5 Å². The molecule has 2 aromatic carbocycles. The van der Waals surface area contributed by atoms with Crippen molar-refractivity contribution in [3.8, 4) is 11.5 Å². The van der Waals surface area contributed by atoms with Gasteiger partial charge in [-0.15, -0.1) is 11.3 Å². The molecule has 1 aliphatic rings. The molecule has 4 nitrogen and oxygen atoms in total. The van der Waals surface area contributed by atoms with Gasteiger partial charge in [-0.3, -0.25) is 0 Å². The second-order valence-electron chi connectivity index (χ2n) is 7.54. The monoisotopic (exact) mass is 384 g/mol. The number of rotatable bonds is 4. The van der Waals surface area contributed by atoms with E-state index in [1.165, 1.54) is 17.0 Å². The van der Waals surface area contributed by atoms with Crippen LogP contribution in [0.15, 0.2) is 42.5 Å². The first-order chi connectivity index (χ1) is 12.9. The van der Waals surface area contributed by atoms with Gasteiger partial charge in [0.15, 0.2) is 16.6 Å². The lowest BCUT2D eigenvalue weighted by molar-refractivity contribution is 0.174. The zero-order chi connectivity index (χ0) is 19.0. The fraction of sp³-hybridized carbons (Fsp3) is 0.286. The van der Waals surface area contributed by atoms with Gasteiger partial charge >= 0.3 is 0 Å². The van der Waals surface area contributed by atoms with Gasteiger partial charge in [0.05, 0.1) is 5.69 Å². The van der Waals surface area contributed by atoms with Gasteiger partial charge in [0.25, 0.3) is 0 Å². The molecule has 1 aliphatic heterocycles. The van der Waals surface area contributed by atoms with Crippen LogP contribution in [-0.4, -0.2) is 11.8 Å². The van der Waals surface area contributed by atoms with Gasteiger partial charge in [-0.1, -0.05) is 26.8 Å². The molecule has 6 heteroatoms. The number of nitrogens with zero attached hydrogens (tertiary/aromatic N) is 1. The van der Waals surface area contributed by atoms with Crippen molar-refractivity contribution >= 4 is 22.2 Å². The van der Waals surface area contributed by atoms with Crippen molar-refractivity contribution in [3.63, 3.8) is 0 Å². The zero-order valence-corrected chi connectivity index (χ0v) is 16.3. The van der Waals surface area contributed by atoms with Gasteiger partial charge < -0.3 is 14.8 Å². The number of benzene rings is 2. The van der Waals surface area contributed by atoms with Gasteiger partial charge in [0.1, 0.15) is 5.82 Å². The maximum Gasteiger partial charge on any atom is 0.231 e. The van der Waals surface area contributed by atoms with Crippen LogP contribution in [-0.2, 0) is 11.8 Å². The first-order valence-electron chi connectivity index (χ1n) is 8.80. The summed E-state index contributed by atoms with van der Waals surface area (Å²) in [6, 6.07) is 12.3. The van der Waals surface area contributed by atoms with E-state index in [2.05, 4.69) is 32.2 Å². The number of fused-ring (bicyclic) bond motifs is 1.